The lowest BCUT2D eigenvalue weighted by molar-refractivity contribution is -0.148. The molecule has 1 rings (SSSR count). The number of nitrogens with zero attached hydrogens (tertiary/aromatic N) is 2. The molecule has 1 saturated heterocycles. The van der Waals surface area contributed by atoms with Crippen LogP contribution in [-0.4, -0.2) is 53.3 Å². The van der Waals surface area contributed by atoms with Crippen molar-refractivity contribution >= 4 is 11.9 Å². The summed E-state index contributed by atoms with van der Waals surface area (Å²) in [5, 5.41) is 8.99. The maximum atomic E-state index is 12.8. The van der Waals surface area contributed by atoms with E-state index in [-0.39, 0.29) is 0 Å². The minimum atomic E-state index is -2.04. The zero-order chi connectivity index (χ0) is 9.46. The zero-order valence-corrected chi connectivity index (χ0v) is 6.69. The quantitative estimate of drug-likeness (QED) is 0.524. The first kappa shape index (κ1) is 8.92. The molecule has 3 amide bonds. The smallest absolute Gasteiger partial charge is 0.328 e. The highest BCUT2D eigenvalue weighted by molar-refractivity contribution is 5.99. The Morgan fingerprint density at radius 3 is 2.42 bits per heavy atom. The Kier molecular flexibility index (Phi) is 2.01. The van der Waals surface area contributed by atoms with Crippen molar-refractivity contribution in [2.75, 3.05) is 14.1 Å². The van der Waals surface area contributed by atoms with E-state index in [2.05, 4.69) is 0 Å². The van der Waals surface area contributed by atoms with Gasteiger partial charge in [0.15, 0.2) is 6.23 Å². The van der Waals surface area contributed by atoms with Crippen molar-refractivity contribution in [3.8, 4) is 0 Å². The summed E-state index contributed by atoms with van der Waals surface area (Å²) in [6.07, 6.45) is -3.71. The second-order valence-corrected chi connectivity index (χ2v) is 2.61. The molecule has 0 saturated carbocycles. The molecule has 6 heteroatoms. The molecule has 2 atom stereocenters. The number of amides is 3. The van der Waals surface area contributed by atoms with Gasteiger partial charge in [0, 0.05) is 14.1 Å². The van der Waals surface area contributed by atoms with E-state index in [1.807, 2.05) is 0 Å². The summed E-state index contributed by atoms with van der Waals surface area (Å²) in [6, 6.07) is -0.707. The van der Waals surface area contributed by atoms with Gasteiger partial charge in [0.05, 0.1) is 0 Å². The summed E-state index contributed by atoms with van der Waals surface area (Å²) in [4.78, 5) is 23.2. The van der Waals surface area contributed by atoms with Gasteiger partial charge in [0.25, 0.3) is 5.91 Å². The molecule has 12 heavy (non-hydrogen) atoms. The average molecular weight is 176 g/mol. The Balaban J connectivity index is 2.91. The fourth-order valence-electron chi connectivity index (χ4n) is 0.953. The van der Waals surface area contributed by atoms with Crippen LogP contribution in [0.5, 0.6) is 0 Å². The van der Waals surface area contributed by atoms with E-state index in [1.54, 1.807) is 0 Å². The first-order chi connectivity index (χ1) is 5.46. The monoisotopic (exact) mass is 176 g/mol. The molecule has 0 aromatic rings. The van der Waals surface area contributed by atoms with Crippen LogP contribution in [0.4, 0.5) is 9.18 Å². The molecule has 0 radical (unpaired) electrons. The van der Waals surface area contributed by atoms with Gasteiger partial charge in [0.2, 0.25) is 6.17 Å². The molecule has 1 fully saturated rings. The fraction of sp³-hybridized carbons (Fsp3) is 0.667. The van der Waals surface area contributed by atoms with Gasteiger partial charge in [-0.1, -0.05) is 0 Å². The Bertz CT molecular complexity index is 211. The summed E-state index contributed by atoms with van der Waals surface area (Å²) in [6.45, 7) is 0. The summed E-state index contributed by atoms with van der Waals surface area (Å²) in [5.74, 6) is -1.01. The maximum Gasteiger partial charge on any atom is 0.328 e. The normalized spacial score (nSPS) is 31.3. The zero-order valence-electron chi connectivity index (χ0n) is 6.69. The minimum Gasteiger partial charge on any atom is -0.370 e. The molecule has 1 N–H and O–H groups in total. The Morgan fingerprint density at radius 1 is 1.42 bits per heavy atom. The van der Waals surface area contributed by atoms with Crippen molar-refractivity contribution in [3.63, 3.8) is 0 Å². The largest absolute Gasteiger partial charge is 0.370 e. The van der Waals surface area contributed by atoms with Crippen molar-refractivity contribution in [3.05, 3.63) is 0 Å². The Hall–Kier alpha value is -1.17. The topological polar surface area (TPSA) is 60.9 Å². The number of imide groups is 1. The van der Waals surface area contributed by atoms with Gasteiger partial charge < -0.3 is 5.11 Å². The van der Waals surface area contributed by atoms with Crippen molar-refractivity contribution in [1.29, 1.82) is 0 Å². The van der Waals surface area contributed by atoms with E-state index in [0.29, 0.717) is 4.90 Å². The van der Waals surface area contributed by atoms with E-state index < -0.39 is 24.3 Å². The summed E-state index contributed by atoms with van der Waals surface area (Å²) < 4.78 is 12.8. The Morgan fingerprint density at radius 2 is 1.92 bits per heavy atom. The van der Waals surface area contributed by atoms with Crippen LogP contribution in [-0.2, 0) is 4.79 Å². The molecule has 5 nitrogen and oxygen atoms in total. The molecule has 1 aliphatic heterocycles. The number of hydrogen-bond acceptors (Lipinski definition) is 3. The van der Waals surface area contributed by atoms with Crippen LogP contribution in [0.2, 0.25) is 0 Å². The average Bonchev–Trinajstić information content (AvgIpc) is 2.08. The van der Waals surface area contributed by atoms with Crippen molar-refractivity contribution in [2.45, 2.75) is 12.4 Å². The molecular formula is C6H9FN2O3. The predicted molar refractivity (Wildman–Crippen MR) is 36.8 cm³/mol. The highest BCUT2D eigenvalue weighted by Gasteiger charge is 2.42. The van der Waals surface area contributed by atoms with Crippen molar-refractivity contribution < 1.29 is 19.1 Å². The Labute approximate surface area is 68.4 Å². The standard InChI is InChI=1S/C6H9FN2O3/c1-8-4(10)3(7)5(11)9(2)6(8)12/h3-4,10H,1-2H3/t3-,4+/m0/s1. The summed E-state index contributed by atoms with van der Waals surface area (Å²) in [7, 11) is 2.39. The summed E-state index contributed by atoms with van der Waals surface area (Å²) in [5.41, 5.74) is 0. The van der Waals surface area contributed by atoms with Crippen LogP contribution in [0.1, 0.15) is 0 Å². The van der Waals surface area contributed by atoms with E-state index in [4.69, 9.17) is 5.11 Å². The molecule has 0 unspecified atom stereocenters. The van der Waals surface area contributed by atoms with Gasteiger partial charge >= 0.3 is 6.03 Å². The number of aliphatic hydroxyl groups excluding tert-OH is 1. The summed E-state index contributed by atoms with van der Waals surface area (Å²) >= 11 is 0. The molecule has 68 valence electrons. The molecular weight excluding hydrogens is 167 g/mol. The van der Waals surface area contributed by atoms with Crippen LogP contribution in [0.25, 0.3) is 0 Å². The highest BCUT2D eigenvalue weighted by atomic mass is 19.1. The van der Waals surface area contributed by atoms with Crippen LogP contribution < -0.4 is 0 Å². The molecule has 0 aromatic heterocycles. The first-order valence-corrected chi connectivity index (χ1v) is 3.33. The lowest BCUT2D eigenvalue weighted by Gasteiger charge is -2.35. The molecule has 0 aliphatic carbocycles. The number of rotatable bonds is 0. The lowest BCUT2D eigenvalue weighted by atomic mass is 10.2. The van der Waals surface area contributed by atoms with Crippen LogP contribution in [0.15, 0.2) is 0 Å². The second kappa shape index (κ2) is 2.71. The number of urea groups is 1. The minimum absolute atomic E-state index is 0.636. The fourth-order valence-corrected chi connectivity index (χ4v) is 0.953. The van der Waals surface area contributed by atoms with Gasteiger partial charge in [0.1, 0.15) is 0 Å². The number of hydrogen-bond donors (Lipinski definition) is 1. The van der Waals surface area contributed by atoms with Gasteiger partial charge in [-0.2, -0.15) is 0 Å². The van der Waals surface area contributed by atoms with Crippen LogP contribution >= 0.6 is 0 Å². The van der Waals surface area contributed by atoms with E-state index in [9.17, 15) is 14.0 Å². The van der Waals surface area contributed by atoms with E-state index >= 15 is 0 Å². The van der Waals surface area contributed by atoms with Crippen molar-refractivity contribution in [2.24, 2.45) is 0 Å². The number of aliphatic hydroxyl groups is 1. The second-order valence-electron chi connectivity index (χ2n) is 2.61. The van der Waals surface area contributed by atoms with E-state index in [1.165, 1.54) is 14.1 Å². The van der Waals surface area contributed by atoms with Gasteiger partial charge in [-0.05, 0) is 0 Å². The number of alkyl halides is 1. The number of halogens is 1. The SMILES string of the molecule is CN1C(=O)[C@@H](F)[C@@H](O)N(C)C1=O. The third-order valence-corrected chi connectivity index (χ3v) is 1.81. The molecule has 0 aromatic carbocycles. The lowest BCUT2D eigenvalue weighted by Crippen LogP contribution is -2.60. The van der Waals surface area contributed by atoms with Crippen LogP contribution in [0.3, 0.4) is 0 Å². The van der Waals surface area contributed by atoms with E-state index in [0.717, 1.165) is 4.90 Å². The number of carbonyl (C=O) groups excluding carboxylic acids is 2. The third kappa shape index (κ3) is 1.04. The van der Waals surface area contributed by atoms with Gasteiger partial charge in [-0.15, -0.1) is 0 Å². The predicted octanol–water partition coefficient (Wildman–Crippen LogP) is -0.833. The van der Waals surface area contributed by atoms with Gasteiger partial charge in [-0.3, -0.25) is 14.6 Å². The van der Waals surface area contributed by atoms with Gasteiger partial charge in [-0.25, -0.2) is 9.18 Å². The third-order valence-electron chi connectivity index (χ3n) is 1.81. The maximum absolute atomic E-state index is 12.8. The molecule has 0 bridgehead atoms. The molecule has 1 heterocycles. The molecule has 0 spiro atoms. The highest BCUT2D eigenvalue weighted by Crippen LogP contribution is 2.15. The first-order valence-electron chi connectivity index (χ1n) is 3.33. The van der Waals surface area contributed by atoms with Crippen molar-refractivity contribution in [1.82, 2.24) is 9.80 Å². The van der Waals surface area contributed by atoms with Crippen LogP contribution in [0, 0.1) is 0 Å². The number of carbonyl (C=O) groups is 2. The molecule has 1 aliphatic rings.